The van der Waals surface area contributed by atoms with Gasteiger partial charge < -0.3 is 14.4 Å². The Morgan fingerprint density at radius 1 is 1.44 bits per heavy atom. The molecule has 0 aromatic carbocycles. The monoisotopic (exact) mass is 248 g/mol. The van der Waals surface area contributed by atoms with Crippen molar-refractivity contribution in [3.8, 4) is 0 Å². The molecule has 2 rings (SSSR count). The van der Waals surface area contributed by atoms with Gasteiger partial charge in [0.1, 0.15) is 5.69 Å². The Kier molecular flexibility index (Phi) is 3.45. The SMILES string of the molecule is CC(C)n1cccc1C(=O)N[C@@H](C)c1ncon1. The second-order valence-electron chi connectivity index (χ2n) is 4.38. The van der Waals surface area contributed by atoms with Gasteiger partial charge in [-0.15, -0.1) is 0 Å². The summed E-state index contributed by atoms with van der Waals surface area (Å²) in [5.41, 5.74) is 0.625. The number of hydrogen-bond donors (Lipinski definition) is 1. The van der Waals surface area contributed by atoms with Gasteiger partial charge in [-0.05, 0) is 32.9 Å². The number of carbonyl (C=O) groups excluding carboxylic acids is 1. The van der Waals surface area contributed by atoms with Gasteiger partial charge in [0.25, 0.3) is 5.91 Å². The second-order valence-corrected chi connectivity index (χ2v) is 4.38. The van der Waals surface area contributed by atoms with Gasteiger partial charge in [0.2, 0.25) is 6.39 Å². The number of carbonyl (C=O) groups is 1. The normalized spacial score (nSPS) is 12.7. The van der Waals surface area contributed by atoms with E-state index in [-0.39, 0.29) is 18.0 Å². The number of amides is 1. The molecule has 0 spiro atoms. The lowest BCUT2D eigenvalue weighted by Crippen LogP contribution is -2.29. The minimum Gasteiger partial charge on any atom is -0.343 e. The number of aromatic nitrogens is 3. The van der Waals surface area contributed by atoms with Gasteiger partial charge >= 0.3 is 0 Å². The molecule has 0 unspecified atom stereocenters. The molecule has 0 aliphatic carbocycles. The molecule has 0 saturated carbocycles. The minimum absolute atomic E-state index is 0.147. The summed E-state index contributed by atoms with van der Waals surface area (Å²) in [6.07, 6.45) is 3.13. The highest BCUT2D eigenvalue weighted by Gasteiger charge is 2.17. The zero-order chi connectivity index (χ0) is 13.1. The molecule has 0 saturated heterocycles. The van der Waals surface area contributed by atoms with Crippen molar-refractivity contribution in [2.75, 3.05) is 0 Å². The zero-order valence-electron chi connectivity index (χ0n) is 10.6. The van der Waals surface area contributed by atoms with E-state index in [0.717, 1.165) is 0 Å². The van der Waals surface area contributed by atoms with Crippen molar-refractivity contribution in [2.45, 2.75) is 32.9 Å². The minimum atomic E-state index is -0.285. The van der Waals surface area contributed by atoms with Gasteiger partial charge in [0, 0.05) is 12.2 Å². The third-order valence-corrected chi connectivity index (χ3v) is 2.68. The summed E-state index contributed by atoms with van der Waals surface area (Å²) in [5, 5.41) is 6.54. The zero-order valence-corrected chi connectivity index (χ0v) is 10.6. The molecule has 0 bridgehead atoms. The molecular weight excluding hydrogens is 232 g/mol. The highest BCUT2D eigenvalue weighted by molar-refractivity contribution is 5.93. The van der Waals surface area contributed by atoms with E-state index < -0.39 is 0 Å². The molecule has 96 valence electrons. The average Bonchev–Trinajstić information content (AvgIpc) is 3.00. The van der Waals surface area contributed by atoms with E-state index in [4.69, 9.17) is 0 Å². The van der Waals surface area contributed by atoms with Crippen molar-refractivity contribution in [3.63, 3.8) is 0 Å². The fourth-order valence-corrected chi connectivity index (χ4v) is 1.74. The summed E-state index contributed by atoms with van der Waals surface area (Å²) < 4.78 is 6.57. The van der Waals surface area contributed by atoms with Crippen molar-refractivity contribution >= 4 is 5.91 Å². The first kappa shape index (κ1) is 12.3. The highest BCUT2D eigenvalue weighted by atomic mass is 16.5. The summed E-state index contributed by atoms with van der Waals surface area (Å²) in [6, 6.07) is 3.60. The van der Waals surface area contributed by atoms with Gasteiger partial charge in [-0.1, -0.05) is 5.16 Å². The molecule has 2 heterocycles. The van der Waals surface area contributed by atoms with E-state index in [1.54, 1.807) is 6.07 Å². The molecule has 1 N–H and O–H groups in total. The van der Waals surface area contributed by atoms with E-state index in [2.05, 4.69) is 20.0 Å². The van der Waals surface area contributed by atoms with Crippen LogP contribution in [-0.2, 0) is 0 Å². The summed E-state index contributed by atoms with van der Waals surface area (Å²) in [5.74, 6) is 0.317. The first-order chi connectivity index (χ1) is 8.59. The molecule has 18 heavy (non-hydrogen) atoms. The van der Waals surface area contributed by atoms with Gasteiger partial charge in [-0.25, -0.2) is 0 Å². The Bertz CT molecular complexity index is 516. The van der Waals surface area contributed by atoms with Gasteiger partial charge in [0.15, 0.2) is 5.82 Å². The molecule has 1 atom stereocenters. The maximum Gasteiger partial charge on any atom is 0.268 e. The molecule has 0 aliphatic rings. The summed E-state index contributed by atoms with van der Waals surface area (Å²) >= 11 is 0. The number of nitrogens with one attached hydrogen (secondary N) is 1. The van der Waals surface area contributed by atoms with Crippen LogP contribution in [0.5, 0.6) is 0 Å². The fraction of sp³-hybridized carbons (Fsp3) is 0.417. The van der Waals surface area contributed by atoms with Crippen LogP contribution >= 0.6 is 0 Å². The molecule has 6 nitrogen and oxygen atoms in total. The van der Waals surface area contributed by atoms with E-state index in [1.807, 2.05) is 37.6 Å². The molecule has 0 radical (unpaired) electrons. The van der Waals surface area contributed by atoms with Crippen LogP contribution in [0.1, 0.15) is 49.2 Å². The Hall–Kier alpha value is -2.11. The predicted molar refractivity (Wildman–Crippen MR) is 65.0 cm³/mol. The maximum atomic E-state index is 12.1. The lowest BCUT2D eigenvalue weighted by molar-refractivity contribution is 0.0927. The van der Waals surface area contributed by atoms with Gasteiger partial charge in [-0.3, -0.25) is 4.79 Å². The number of nitrogens with zero attached hydrogens (tertiary/aromatic N) is 3. The Balaban J connectivity index is 2.10. The molecular formula is C12H16N4O2. The standard InChI is InChI=1S/C12H16N4O2/c1-8(2)16-6-4-5-10(16)12(17)14-9(3)11-13-7-18-15-11/h4-9H,1-3H3,(H,14,17)/t9-/m0/s1. The average molecular weight is 248 g/mol. The van der Waals surface area contributed by atoms with Crippen LogP contribution < -0.4 is 5.32 Å². The summed E-state index contributed by atoms with van der Waals surface area (Å²) in [7, 11) is 0. The largest absolute Gasteiger partial charge is 0.343 e. The van der Waals surface area contributed by atoms with Crippen LogP contribution in [0.4, 0.5) is 0 Å². The highest BCUT2D eigenvalue weighted by Crippen LogP contribution is 2.12. The van der Waals surface area contributed by atoms with Crippen LogP contribution in [-0.4, -0.2) is 20.6 Å². The van der Waals surface area contributed by atoms with E-state index in [0.29, 0.717) is 11.5 Å². The van der Waals surface area contributed by atoms with E-state index in [1.165, 1.54) is 6.39 Å². The lowest BCUT2D eigenvalue weighted by Gasteiger charge is -2.14. The van der Waals surface area contributed by atoms with Crippen molar-refractivity contribution in [1.82, 2.24) is 20.0 Å². The maximum absolute atomic E-state index is 12.1. The number of hydrogen-bond acceptors (Lipinski definition) is 4. The van der Waals surface area contributed by atoms with Crippen molar-refractivity contribution in [1.29, 1.82) is 0 Å². The van der Waals surface area contributed by atoms with Crippen LogP contribution in [0.25, 0.3) is 0 Å². The molecule has 2 aromatic rings. The first-order valence-corrected chi connectivity index (χ1v) is 5.83. The first-order valence-electron chi connectivity index (χ1n) is 5.83. The second kappa shape index (κ2) is 5.03. The van der Waals surface area contributed by atoms with Crippen LogP contribution in [0.15, 0.2) is 29.2 Å². The van der Waals surface area contributed by atoms with Crippen molar-refractivity contribution in [3.05, 3.63) is 36.2 Å². The summed E-state index contributed by atoms with van der Waals surface area (Å²) in [6.45, 7) is 5.87. The van der Waals surface area contributed by atoms with Gasteiger partial charge in [-0.2, -0.15) is 4.98 Å². The smallest absolute Gasteiger partial charge is 0.268 e. The molecule has 6 heteroatoms. The van der Waals surface area contributed by atoms with E-state index >= 15 is 0 Å². The molecule has 2 aromatic heterocycles. The predicted octanol–water partition coefficient (Wildman–Crippen LogP) is 1.94. The lowest BCUT2D eigenvalue weighted by atomic mass is 10.3. The molecule has 0 fully saturated rings. The topological polar surface area (TPSA) is 73.0 Å². The fourth-order valence-electron chi connectivity index (χ4n) is 1.74. The van der Waals surface area contributed by atoms with Crippen LogP contribution in [0.2, 0.25) is 0 Å². The molecule has 0 aliphatic heterocycles. The van der Waals surface area contributed by atoms with Crippen LogP contribution in [0, 0.1) is 0 Å². The quantitative estimate of drug-likeness (QED) is 0.897. The van der Waals surface area contributed by atoms with Gasteiger partial charge in [0.05, 0.1) is 6.04 Å². The van der Waals surface area contributed by atoms with Crippen LogP contribution in [0.3, 0.4) is 0 Å². The van der Waals surface area contributed by atoms with Crippen molar-refractivity contribution < 1.29 is 9.32 Å². The van der Waals surface area contributed by atoms with Crippen molar-refractivity contribution in [2.24, 2.45) is 0 Å². The summed E-state index contributed by atoms with van der Waals surface area (Å²) in [4.78, 5) is 16.0. The Labute approximate surface area is 105 Å². The Morgan fingerprint density at radius 2 is 2.22 bits per heavy atom. The third kappa shape index (κ3) is 2.42. The molecule has 1 amide bonds. The third-order valence-electron chi connectivity index (χ3n) is 2.68. The number of rotatable bonds is 4. The van der Waals surface area contributed by atoms with E-state index in [9.17, 15) is 4.79 Å². The Morgan fingerprint density at radius 3 is 2.83 bits per heavy atom.